The summed E-state index contributed by atoms with van der Waals surface area (Å²) < 4.78 is 26.7. The molecule has 2 aromatic carbocycles. The fourth-order valence-corrected chi connectivity index (χ4v) is 6.20. The summed E-state index contributed by atoms with van der Waals surface area (Å²) in [4.78, 5) is 0. The fourth-order valence-electron chi connectivity index (χ4n) is 4.40. The Bertz CT molecular complexity index is 816. The minimum atomic E-state index is -3.50. The van der Waals surface area contributed by atoms with Crippen LogP contribution in [0.25, 0.3) is 0 Å². The molecular weight excluding hydrogens is 391 g/mol. The van der Waals surface area contributed by atoms with Crippen molar-refractivity contribution in [1.82, 2.24) is 0 Å². The zero-order chi connectivity index (χ0) is 21.6. The van der Waals surface area contributed by atoms with Crippen molar-refractivity contribution in [2.24, 2.45) is 17.8 Å². The highest BCUT2D eigenvalue weighted by atomic mass is 31.2. The summed E-state index contributed by atoms with van der Waals surface area (Å²) in [5.74, 6) is 2.07. The van der Waals surface area contributed by atoms with Crippen LogP contribution in [0.2, 0.25) is 0 Å². The number of hydrogen-bond donors (Lipinski definition) is 0. The SMILES string of the molecule is CCCCc1ccc(OP(=O)(O[C@@H]2C[C@H](C)CC[C@H]2C(C)C)c2ccccc2)cc1. The molecule has 1 aliphatic rings. The van der Waals surface area contributed by atoms with Crippen LogP contribution in [0.3, 0.4) is 0 Å². The zero-order valence-corrected chi connectivity index (χ0v) is 19.8. The van der Waals surface area contributed by atoms with Crippen molar-refractivity contribution in [3.8, 4) is 5.75 Å². The summed E-state index contributed by atoms with van der Waals surface area (Å²) in [5, 5.41) is 0.626. The smallest absolute Gasteiger partial charge is 0.411 e. The molecular formula is C26H37O3P. The number of rotatable bonds is 9. The third kappa shape index (κ3) is 5.99. The van der Waals surface area contributed by atoms with Crippen LogP contribution in [0.15, 0.2) is 54.6 Å². The van der Waals surface area contributed by atoms with E-state index < -0.39 is 7.60 Å². The Morgan fingerprint density at radius 1 is 1.03 bits per heavy atom. The van der Waals surface area contributed by atoms with Crippen LogP contribution in [0.5, 0.6) is 5.75 Å². The number of unbranched alkanes of at least 4 members (excludes halogenated alkanes) is 1. The average Bonchev–Trinajstić information content (AvgIpc) is 2.73. The lowest BCUT2D eigenvalue weighted by molar-refractivity contribution is 0.0414. The van der Waals surface area contributed by atoms with Gasteiger partial charge in [0.15, 0.2) is 0 Å². The van der Waals surface area contributed by atoms with Gasteiger partial charge in [0.25, 0.3) is 0 Å². The van der Waals surface area contributed by atoms with Gasteiger partial charge in [-0.1, -0.05) is 70.9 Å². The largest absolute Gasteiger partial charge is 0.421 e. The molecule has 0 N–H and O–H groups in total. The van der Waals surface area contributed by atoms with Gasteiger partial charge in [0.2, 0.25) is 0 Å². The van der Waals surface area contributed by atoms with E-state index in [1.54, 1.807) is 0 Å². The lowest BCUT2D eigenvalue weighted by Crippen LogP contribution is -2.35. The van der Waals surface area contributed by atoms with Crippen LogP contribution in [0, 0.1) is 17.8 Å². The first-order chi connectivity index (χ1) is 14.4. The normalized spacial score (nSPS) is 23.8. The molecule has 0 heterocycles. The molecule has 2 aromatic rings. The van der Waals surface area contributed by atoms with Crippen molar-refractivity contribution in [3.63, 3.8) is 0 Å². The molecule has 0 radical (unpaired) electrons. The predicted octanol–water partition coefficient (Wildman–Crippen LogP) is 7.40. The van der Waals surface area contributed by atoms with E-state index in [9.17, 15) is 4.57 Å². The second-order valence-electron chi connectivity index (χ2n) is 9.14. The first-order valence-electron chi connectivity index (χ1n) is 11.5. The van der Waals surface area contributed by atoms with Gasteiger partial charge in [-0.15, -0.1) is 0 Å². The molecule has 30 heavy (non-hydrogen) atoms. The summed E-state index contributed by atoms with van der Waals surface area (Å²) in [7, 11) is -3.50. The third-order valence-corrected chi connectivity index (χ3v) is 8.21. The average molecular weight is 429 g/mol. The topological polar surface area (TPSA) is 35.5 Å². The van der Waals surface area contributed by atoms with E-state index in [0.29, 0.717) is 28.8 Å². The van der Waals surface area contributed by atoms with Gasteiger partial charge in [-0.05, 0) is 73.3 Å². The maximum absolute atomic E-state index is 14.1. The van der Waals surface area contributed by atoms with Crippen molar-refractivity contribution in [3.05, 3.63) is 60.2 Å². The van der Waals surface area contributed by atoms with Gasteiger partial charge in [-0.3, -0.25) is 4.52 Å². The molecule has 3 nitrogen and oxygen atoms in total. The summed E-state index contributed by atoms with van der Waals surface area (Å²) >= 11 is 0. The zero-order valence-electron chi connectivity index (χ0n) is 18.9. The molecule has 4 heteroatoms. The van der Waals surface area contributed by atoms with Gasteiger partial charge < -0.3 is 4.52 Å². The van der Waals surface area contributed by atoms with Crippen molar-refractivity contribution in [2.75, 3.05) is 0 Å². The maximum atomic E-state index is 14.1. The Balaban J connectivity index is 1.85. The number of aryl methyl sites for hydroxylation is 1. The van der Waals surface area contributed by atoms with E-state index in [1.165, 1.54) is 24.8 Å². The summed E-state index contributed by atoms with van der Waals surface area (Å²) in [6.45, 7) is 8.93. The van der Waals surface area contributed by atoms with E-state index >= 15 is 0 Å². The van der Waals surface area contributed by atoms with E-state index in [1.807, 2.05) is 42.5 Å². The molecule has 0 spiro atoms. The Labute approximate surface area is 182 Å². The van der Waals surface area contributed by atoms with Crippen molar-refractivity contribution in [1.29, 1.82) is 0 Å². The summed E-state index contributed by atoms with van der Waals surface area (Å²) in [6.07, 6.45) is 6.60. The predicted molar refractivity (Wildman–Crippen MR) is 126 cm³/mol. The van der Waals surface area contributed by atoms with Gasteiger partial charge in [0.05, 0.1) is 11.4 Å². The van der Waals surface area contributed by atoms with E-state index in [2.05, 4.69) is 39.8 Å². The molecule has 164 valence electrons. The van der Waals surface area contributed by atoms with E-state index in [4.69, 9.17) is 9.05 Å². The van der Waals surface area contributed by atoms with Gasteiger partial charge >= 0.3 is 7.60 Å². The lowest BCUT2D eigenvalue weighted by atomic mass is 9.75. The molecule has 1 unspecified atom stereocenters. The first-order valence-corrected chi connectivity index (χ1v) is 13.1. The number of benzene rings is 2. The standard InChI is InChI=1S/C26H37O3P/c1-5-6-10-22-14-16-23(17-15-22)28-30(27,24-11-8-7-9-12-24)29-26-19-21(4)13-18-25(26)20(2)3/h7-9,11-12,14-17,20-21,25-26H,5-6,10,13,18-19H2,1-4H3/t21-,25+,26-,30?/m1/s1. The first kappa shape index (κ1) is 23.1. The highest BCUT2D eigenvalue weighted by Gasteiger charge is 2.39. The quantitative estimate of drug-likeness (QED) is 0.390. The second kappa shape index (κ2) is 10.6. The molecule has 0 amide bonds. The molecule has 1 aliphatic carbocycles. The Kier molecular flexibility index (Phi) is 8.20. The second-order valence-corrected chi connectivity index (χ2v) is 11.0. The third-order valence-electron chi connectivity index (χ3n) is 6.28. The van der Waals surface area contributed by atoms with Crippen LogP contribution in [0.4, 0.5) is 0 Å². The fraction of sp³-hybridized carbons (Fsp3) is 0.538. The molecule has 4 atom stereocenters. The molecule has 0 aromatic heterocycles. The Hall–Kier alpha value is -1.57. The molecule has 1 saturated carbocycles. The van der Waals surface area contributed by atoms with Gasteiger partial charge in [-0.25, -0.2) is 4.57 Å². The summed E-state index contributed by atoms with van der Waals surface area (Å²) in [5.41, 5.74) is 1.28. The minimum Gasteiger partial charge on any atom is -0.421 e. The van der Waals surface area contributed by atoms with E-state index in [-0.39, 0.29) is 6.10 Å². The van der Waals surface area contributed by atoms with Crippen molar-refractivity contribution >= 4 is 12.9 Å². The highest BCUT2D eigenvalue weighted by Crippen LogP contribution is 2.52. The van der Waals surface area contributed by atoms with Gasteiger partial charge in [-0.2, -0.15) is 0 Å². The van der Waals surface area contributed by atoms with E-state index in [0.717, 1.165) is 19.3 Å². The lowest BCUT2D eigenvalue weighted by Gasteiger charge is -2.38. The molecule has 0 bridgehead atoms. The van der Waals surface area contributed by atoms with Crippen LogP contribution < -0.4 is 9.83 Å². The van der Waals surface area contributed by atoms with Gasteiger partial charge in [0.1, 0.15) is 5.75 Å². The maximum Gasteiger partial charge on any atom is 0.411 e. The van der Waals surface area contributed by atoms with Crippen LogP contribution in [-0.2, 0) is 15.5 Å². The molecule has 0 saturated heterocycles. The highest BCUT2D eigenvalue weighted by molar-refractivity contribution is 7.62. The van der Waals surface area contributed by atoms with Crippen molar-refractivity contribution < 1.29 is 13.6 Å². The van der Waals surface area contributed by atoms with Crippen LogP contribution in [0.1, 0.15) is 65.4 Å². The monoisotopic (exact) mass is 428 g/mol. The minimum absolute atomic E-state index is 0.0522. The number of hydrogen-bond acceptors (Lipinski definition) is 3. The summed E-state index contributed by atoms with van der Waals surface area (Å²) in [6, 6.07) is 17.4. The Morgan fingerprint density at radius 2 is 1.73 bits per heavy atom. The van der Waals surface area contributed by atoms with Crippen molar-refractivity contribution in [2.45, 2.75) is 72.3 Å². The molecule has 1 fully saturated rings. The van der Waals surface area contributed by atoms with Gasteiger partial charge in [0, 0.05) is 0 Å². The van der Waals surface area contributed by atoms with Crippen LogP contribution in [-0.4, -0.2) is 6.10 Å². The molecule has 0 aliphatic heterocycles. The Morgan fingerprint density at radius 3 is 2.37 bits per heavy atom. The molecule has 3 rings (SSSR count). The van der Waals surface area contributed by atoms with Crippen LogP contribution >= 0.6 is 7.60 Å².